The molecule has 7 nitrogen and oxygen atoms in total. The van der Waals surface area contributed by atoms with Crippen molar-refractivity contribution in [3.8, 4) is 17.7 Å². The van der Waals surface area contributed by atoms with Gasteiger partial charge in [-0.25, -0.2) is 0 Å². The Morgan fingerprint density at radius 2 is 2.11 bits per heavy atom. The summed E-state index contributed by atoms with van der Waals surface area (Å²) in [5.41, 5.74) is 0.810. The van der Waals surface area contributed by atoms with Crippen molar-refractivity contribution < 1.29 is 9.66 Å². The van der Waals surface area contributed by atoms with Gasteiger partial charge in [0.05, 0.1) is 4.92 Å². The first-order valence-corrected chi connectivity index (χ1v) is 5.27. The van der Waals surface area contributed by atoms with Gasteiger partial charge in [-0.1, -0.05) is 6.07 Å². The van der Waals surface area contributed by atoms with Gasteiger partial charge in [0.2, 0.25) is 11.6 Å². The van der Waals surface area contributed by atoms with Crippen molar-refractivity contribution in [3.63, 3.8) is 0 Å². The minimum atomic E-state index is -0.536. The number of nitro groups is 1. The number of nitro benzene ring substituents is 1. The zero-order valence-corrected chi connectivity index (χ0v) is 9.90. The van der Waals surface area contributed by atoms with Crippen molar-refractivity contribution in [1.82, 2.24) is 10.2 Å². The molecule has 0 aliphatic heterocycles. The number of hydrogen-bond donors (Lipinski definition) is 0. The quantitative estimate of drug-likeness (QED) is 0.617. The molecule has 0 aliphatic carbocycles. The van der Waals surface area contributed by atoms with E-state index in [1.807, 2.05) is 6.07 Å². The average molecular weight is 256 g/mol. The lowest BCUT2D eigenvalue weighted by Crippen LogP contribution is -1.96. The maximum absolute atomic E-state index is 10.9. The summed E-state index contributed by atoms with van der Waals surface area (Å²) in [6.07, 6.45) is 0. The molecule has 2 aromatic rings. The Morgan fingerprint density at radius 3 is 2.68 bits per heavy atom. The zero-order chi connectivity index (χ0) is 13.8. The molecule has 94 valence electrons. The molecule has 2 rings (SSSR count). The number of nitriles is 1. The summed E-state index contributed by atoms with van der Waals surface area (Å²) in [6.45, 7) is 1.79. The van der Waals surface area contributed by atoms with E-state index in [0.717, 1.165) is 5.56 Å². The Kier molecular flexibility index (Phi) is 3.34. The van der Waals surface area contributed by atoms with Crippen molar-refractivity contribution in [1.29, 1.82) is 5.26 Å². The van der Waals surface area contributed by atoms with Gasteiger partial charge in [-0.15, -0.1) is 10.2 Å². The first-order valence-electron chi connectivity index (χ1n) is 5.27. The molecule has 0 amide bonds. The molecule has 0 N–H and O–H groups in total. The van der Waals surface area contributed by atoms with Crippen molar-refractivity contribution in [2.45, 2.75) is 6.92 Å². The van der Waals surface area contributed by atoms with Crippen molar-refractivity contribution in [3.05, 3.63) is 51.7 Å². The number of nitrogens with zero attached hydrogens (tertiary/aromatic N) is 4. The van der Waals surface area contributed by atoms with Crippen LogP contribution in [0.4, 0.5) is 5.69 Å². The molecule has 1 aromatic heterocycles. The molecule has 0 saturated heterocycles. The van der Waals surface area contributed by atoms with E-state index in [9.17, 15) is 10.1 Å². The first-order chi connectivity index (χ1) is 9.10. The monoisotopic (exact) mass is 256 g/mol. The van der Waals surface area contributed by atoms with Crippen LogP contribution in [0, 0.1) is 28.4 Å². The highest BCUT2D eigenvalue weighted by atomic mass is 16.6. The highest BCUT2D eigenvalue weighted by Gasteiger charge is 2.16. The third-order valence-corrected chi connectivity index (χ3v) is 2.28. The van der Waals surface area contributed by atoms with Gasteiger partial charge in [0.15, 0.2) is 5.69 Å². The standard InChI is InChI=1S/C12H8N4O3/c1-8-2-4-10(16(17)18)11(6-8)19-12-5-3-9(7-13)14-15-12/h2-6H,1H3. The van der Waals surface area contributed by atoms with E-state index in [2.05, 4.69) is 10.2 Å². The van der Waals surface area contributed by atoms with E-state index in [1.165, 1.54) is 24.3 Å². The minimum absolute atomic E-state index is 0.0870. The molecular weight excluding hydrogens is 248 g/mol. The van der Waals surface area contributed by atoms with Gasteiger partial charge < -0.3 is 4.74 Å². The molecule has 1 aromatic carbocycles. The van der Waals surface area contributed by atoms with Crippen molar-refractivity contribution >= 4 is 5.69 Å². The number of aromatic nitrogens is 2. The molecule has 0 bridgehead atoms. The van der Waals surface area contributed by atoms with Gasteiger partial charge in [-0.05, 0) is 24.6 Å². The number of ether oxygens (including phenoxy) is 1. The molecule has 7 heteroatoms. The smallest absolute Gasteiger partial charge is 0.311 e. The van der Waals surface area contributed by atoms with Crippen LogP contribution in [0.3, 0.4) is 0 Å². The fraction of sp³-hybridized carbons (Fsp3) is 0.0833. The van der Waals surface area contributed by atoms with Crippen LogP contribution in [0.25, 0.3) is 0 Å². The van der Waals surface area contributed by atoms with E-state index in [-0.39, 0.29) is 23.0 Å². The molecule has 0 unspecified atom stereocenters. The predicted molar refractivity (Wildman–Crippen MR) is 64.7 cm³/mol. The molecular formula is C12H8N4O3. The molecule has 1 heterocycles. The average Bonchev–Trinajstić information content (AvgIpc) is 2.39. The molecule has 0 radical (unpaired) electrons. The molecule has 0 atom stereocenters. The van der Waals surface area contributed by atoms with Crippen LogP contribution in [0.15, 0.2) is 30.3 Å². The molecule has 0 spiro atoms. The lowest BCUT2D eigenvalue weighted by Gasteiger charge is -2.05. The summed E-state index contributed by atoms with van der Waals surface area (Å²) in [6, 6.07) is 9.19. The Hall–Kier alpha value is -3.01. The Morgan fingerprint density at radius 1 is 1.32 bits per heavy atom. The topological polar surface area (TPSA) is 102 Å². The second kappa shape index (κ2) is 5.10. The second-order valence-corrected chi connectivity index (χ2v) is 3.70. The van der Waals surface area contributed by atoms with Gasteiger partial charge >= 0.3 is 5.69 Å². The molecule has 0 fully saturated rings. The third-order valence-electron chi connectivity index (χ3n) is 2.28. The maximum atomic E-state index is 10.9. The SMILES string of the molecule is Cc1ccc([N+](=O)[O-])c(Oc2ccc(C#N)nn2)c1. The Bertz CT molecular complexity index is 662. The van der Waals surface area contributed by atoms with Gasteiger partial charge in [0.1, 0.15) is 6.07 Å². The van der Waals surface area contributed by atoms with Crippen LogP contribution in [0.5, 0.6) is 11.6 Å². The van der Waals surface area contributed by atoms with Gasteiger partial charge in [0.25, 0.3) is 0 Å². The predicted octanol–water partition coefficient (Wildman–Crippen LogP) is 2.36. The van der Waals surface area contributed by atoms with E-state index >= 15 is 0 Å². The molecule has 0 saturated carbocycles. The number of aryl methyl sites for hydroxylation is 1. The minimum Gasteiger partial charge on any atom is -0.430 e. The lowest BCUT2D eigenvalue weighted by molar-refractivity contribution is -0.385. The Balaban J connectivity index is 2.34. The summed E-state index contributed by atoms with van der Waals surface area (Å²) in [5.74, 6) is 0.178. The van der Waals surface area contributed by atoms with Gasteiger partial charge in [-0.2, -0.15) is 5.26 Å². The van der Waals surface area contributed by atoms with Crippen LogP contribution in [-0.4, -0.2) is 15.1 Å². The highest BCUT2D eigenvalue weighted by Crippen LogP contribution is 2.31. The fourth-order valence-corrected chi connectivity index (χ4v) is 1.40. The summed E-state index contributed by atoms with van der Waals surface area (Å²) in [5, 5.41) is 26.7. The van der Waals surface area contributed by atoms with Crippen LogP contribution in [0.2, 0.25) is 0 Å². The molecule has 19 heavy (non-hydrogen) atoms. The van der Waals surface area contributed by atoms with Crippen molar-refractivity contribution in [2.75, 3.05) is 0 Å². The van der Waals surface area contributed by atoms with E-state index in [4.69, 9.17) is 10.00 Å². The van der Waals surface area contributed by atoms with Gasteiger partial charge in [-0.3, -0.25) is 10.1 Å². The van der Waals surface area contributed by atoms with Crippen LogP contribution in [-0.2, 0) is 0 Å². The Labute approximate surface area is 108 Å². The van der Waals surface area contributed by atoms with E-state index in [0.29, 0.717) is 0 Å². The first kappa shape index (κ1) is 12.4. The zero-order valence-electron chi connectivity index (χ0n) is 9.90. The highest BCUT2D eigenvalue weighted by molar-refractivity contribution is 5.49. The van der Waals surface area contributed by atoms with Crippen molar-refractivity contribution in [2.24, 2.45) is 0 Å². The number of benzene rings is 1. The summed E-state index contributed by atoms with van der Waals surface area (Å²) in [4.78, 5) is 10.3. The van der Waals surface area contributed by atoms with E-state index in [1.54, 1.807) is 13.0 Å². The maximum Gasteiger partial charge on any atom is 0.311 e. The van der Waals surface area contributed by atoms with Crippen LogP contribution in [0.1, 0.15) is 11.3 Å². The summed E-state index contributed by atoms with van der Waals surface area (Å²) >= 11 is 0. The lowest BCUT2D eigenvalue weighted by atomic mass is 10.2. The van der Waals surface area contributed by atoms with Crippen LogP contribution >= 0.6 is 0 Å². The van der Waals surface area contributed by atoms with Gasteiger partial charge in [0, 0.05) is 12.1 Å². The summed E-state index contributed by atoms with van der Waals surface area (Å²) in [7, 11) is 0. The molecule has 0 aliphatic rings. The third kappa shape index (κ3) is 2.81. The second-order valence-electron chi connectivity index (χ2n) is 3.70. The normalized spacial score (nSPS) is 9.68. The van der Waals surface area contributed by atoms with E-state index < -0.39 is 4.92 Å². The van der Waals surface area contributed by atoms with Crippen LogP contribution < -0.4 is 4.74 Å². The fourth-order valence-electron chi connectivity index (χ4n) is 1.40. The summed E-state index contributed by atoms with van der Waals surface area (Å²) < 4.78 is 5.33. The largest absolute Gasteiger partial charge is 0.430 e. The number of hydrogen-bond acceptors (Lipinski definition) is 6. The number of rotatable bonds is 3.